The van der Waals surface area contributed by atoms with Crippen molar-refractivity contribution in [3.63, 3.8) is 0 Å². The Balaban J connectivity index is 2.87. The monoisotopic (exact) mass is 225 g/mol. The fourth-order valence-corrected chi connectivity index (χ4v) is 1.41. The molecule has 0 bridgehead atoms. The topological polar surface area (TPSA) is 89.8 Å². The maximum atomic E-state index is 10.4. The number of hydrogen-bond acceptors (Lipinski definition) is 3. The van der Waals surface area contributed by atoms with E-state index in [0.717, 1.165) is 0 Å². The van der Waals surface area contributed by atoms with E-state index >= 15 is 0 Å². The number of rotatable bonds is 4. The Hall–Kier alpha value is -1.59. The van der Waals surface area contributed by atoms with Gasteiger partial charge in [-0.2, -0.15) is 0 Å². The van der Waals surface area contributed by atoms with Crippen molar-refractivity contribution in [2.24, 2.45) is 0 Å². The molecule has 0 aliphatic carbocycles. The average Bonchev–Trinajstić information content (AvgIpc) is 2.25. The van der Waals surface area contributed by atoms with Crippen LogP contribution in [-0.4, -0.2) is 27.5 Å². The van der Waals surface area contributed by atoms with Gasteiger partial charge in [-0.25, -0.2) is 4.79 Å². The second kappa shape index (κ2) is 5.48. The Labute approximate surface area is 93.4 Å². The SMILES string of the molecule is C[C@@H](O)[C@@H](O)c1ccccc1CNC(=O)O. The lowest BCUT2D eigenvalue weighted by Gasteiger charge is -2.17. The van der Waals surface area contributed by atoms with Crippen molar-refractivity contribution in [2.75, 3.05) is 0 Å². The Kier molecular flexibility index (Phi) is 4.28. The van der Waals surface area contributed by atoms with Gasteiger partial charge in [-0.05, 0) is 18.1 Å². The molecule has 0 spiro atoms. The van der Waals surface area contributed by atoms with Gasteiger partial charge in [0.25, 0.3) is 0 Å². The van der Waals surface area contributed by atoms with Gasteiger partial charge in [-0.15, -0.1) is 0 Å². The summed E-state index contributed by atoms with van der Waals surface area (Å²) in [5.74, 6) is 0. The summed E-state index contributed by atoms with van der Waals surface area (Å²) in [4.78, 5) is 10.4. The van der Waals surface area contributed by atoms with Crippen molar-refractivity contribution < 1.29 is 20.1 Å². The Morgan fingerprint density at radius 3 is 2.56 bits per heavy atom. The second-order valence-electron chi connectivity index (χ2n) is 3.54. The van der Waals surface area contributed by atoms with Crippen LogP contribution in [0.4, 0.5) is 4.79 Å². The minimum absolute atomic E-state index is 0.106. The fraction of sp³-hybridized carbons (Fsp3) is 0.364. The van der Waals surface area contributed by atoms with Crippen molar-refractivity contribution in [1.82, 2.24) is 5.32 Å². The van der Waals surface area contributed by atoms with Crippen LogP contribution in [0.25, 0.3) is 0 Å². The normalized spacial score (nSPS) is 14.2. The van der Waals surface area contributed by atoms with Gasteiger partial charge >= 0.3 is 6.09 Å². The molecule has 88 valence electrons. The Bertz CT molecular complexity index is 365. The van der Waals surface area contributed by atoms with Crippen LogP contribution >= 0.6 is 0 Å². The van der Waals surface area contributed by atoms with Crippen LogP contribution in [0.2, 0.25) is 0 Å². The minimum atomic E-state index is -1.12. The molecule has 1 aromatic rings. The van der Waals surface area contributed by atoms with Crippen LogP contribution in [0.3, 0.4) is 0 Å². The first-order valence-corrected chi connectivity index (χ1v) is 4.93. The quantitative estimate of drug-likeness (QED) is 0.612. The third kappa shape index (κ3) is 3.22. The molecule has 5 heteroatoms. The molecule has 1 aromatic carbocycles. The highest BCUT2D eigenvalue weighted by Gasteiger charge is 2.16. The van der Waals surface area contributed by atoms with Crippen LogP contribution < -0.4 is 5.32 Å². The predicted molar refractivity (Wildman–Crippen MR) is 57.9 cm³/mol. The predicted octanol–water partition coefficient (Wildman–Crippen LogP) is 0.868. The van der Waals surface area contributed by atoms with Crippen molar-refractivity contribution in [3.05, 3.63) is 35.4 Å². The number of carbonyl (C=O) groups is 1. The van der Waals surface area contributed by atoms with Gasteiger partial charge in [0.1, 0.15) is 6.10 Å². The Morgan fingerprint density at radius 2 is 2.00 bits per heavy atom. The summed E-state index contributed by atoms with van der Waals surface area (Å²) in [5.41, 5.74) is 1.18. The molecular formula is C11H15NO4. The Morgan fingerprint density at radius 1 is 1.38 bits per heavy atom. The zero-order valence-electron chi connectivity index (χ0n) is 8.92. The van der Waals surface area contributed by atoms with Crippen molar-refractivity contribution >= 4 is 6.09 Å². The van der Waals surface area contributed by atoms with Crippen LogP contribution in [-0.2, 0) is 6.54 Å². The fourth-order valence-electron chi connectivity index (χ4n) is 1.41. The van der Waals surface area contributed by atoms with Gasteiger partial charge in [0, 0.05) is 6.54 Å². The third-order valence-corrected chi connectivity index (χ3v) is 2.26. The molecule has 0 fully saturated rings. The molecule has 1 rings (SSSR count). The summed E-state index contributed by atoms with van der Waals surface area (Å²) in [6, 6.07) is 6.84. The zero-order chi connectivity index (χ0) is 12.1. The highest BCUT2D eigenvalue weighted by atomic mass is 16.4. The summed E-state index contributed by atoms with van der Waals surface area (Å²) < 4.78 is 0. The van der Waals surface area contributed by atoms with Gasteiger partial charge in [0.15, 0.2) is 0 Å². The summed E-state index contributed by atoms with van der Waals surface area (Å²) in [7, 11) is 0. The standard InChI is InChI=1S/C11H15NO4/c1-7(13)10(14)9-5-3-2-4-8(9)6-12-11(15)16/h2-5,7,10,12-14H,6H2,1H3,(H,15,16)/t7-,10-/m1/s1. The first-order chi connectivity index (χ1) is 7.52. The summed E-state index contributed by atoms with van der Waals surface area (Å²) in [5, 5.41) is 29.7. The lowest BCUT2D eigenvalue weighted by Crippen LogP contribution is -2.22. The van der Waals surface area contributed by atoms with E-state index in [1.165, 1.54) is 6.92 Å². The summed E-state index contributed by atoms with van der Waals surface area (Å²) in [6.45, 7) is 1.58. The van der Waals surface area contributed by atoms with Crippen LogP contribution in [0.15, 0.2) is 24.3 Å². The number of aliphatic hydroxyl groups is 2. The lowest BCUT2D eigenvalue weighted by atomic mass is 9.99. The number of hydrogen-bond donors (Lipinski definition) is 4. The molecule has 0 heterocycles. The third-order valence-electron chi connectivity index (χ3n) is 2.26. The number of carboxylic acid groups (broad SMARTS) is 1. The molecule has 16 heavy (non-hydrogen) atoms. The van der Waals surface area contributed by atoms with Crippen molar-refractivity contribution in [3.8, 4) is 0 Å². The molecule has 0 aromatic heterocycles. The zero-order valence-corrected chi connectivity index (χ0v) is 8.92. The average molecular weight is 225 g/mol. The van der Waals surface area contributed by atoms with Gasteiger partial charge in [-0.1, -0.05) is 24.3 Å². The molecule has 5 nitrogen and oxygen atoms in total. The van der Waals surface area contributed by atoms with E-state index < -0.39 is 18.3 Å². The second-order valence-corrected chi connectivity index (χ2v) is 3.54. The first-order valence-electron chi connectivity index (χ1n) is 4.93. The summed E-state index contributed by atoms with van der Waals surface area (Å²) in [6.07, 6.45) is -3.03. The van der Waals surface area contributed by atoms with Gasteiger partial charge in [0.05, 0.1) is 6.10 Å². The van der Waals surface area contributed by atoms with E-state index in [1.54, 1.807) is 24.3 Å². The first kappa shape index (κ1) is 12.5. The molecule has 0 aliphatic heterocycles. The molecule has 4 N–H and O–H groups in total. The number of aliphatic hydroxyl groups excluding tert-OH is 2. The maximum absolute atomic E-state index is 10.4. The minimum Gasteiger partial charge on any atom is -0.465 e. The van der Waals surface area contributed by atoms with Crippen LogP contribution in [0.1, 0.15) is 24.2 Å². The molecule has 0 radical (unpaired) electrons. The number of amides is 1. The molecule has 0 saturated heterocycles. The lowest BCUT2D eigenvalue weighted by molar-refractivity contribution is 0.0299. The van der Waals surface area contributed by atoms with Crippen molar-refractivity contribution in [2.45, 2.75) is 25.7 Å². The molecule has 0 unspecified atom stereocenters. The van der Waals surface area contributed by atoms with E-state index in [4.69, 9.17) is 5.11 Å². The molecule has 0 aliphatic rings. The van der Waals surface area contributed by atoms with Gasteiger partial charge in [-0.3, -0.25) is 0 Å². The molecule has 0 saturated carbocycles. The van der Waals surface area contributed by atoms with Gasteiger partial charge < -0.3 is 20.6 Å². The van der Waals surface area contributed by atoms with E-state index in [0.29, 0.717) is 11.1 Å². The summed E-state index contributed by atoms with van der Waals surface area (Å²) >= 11 is 0. The smallest absolute Gasteiger partial charge is 0.404 e. The van der Waals surface area contributed by atoms with Crippen LogP contribution in [0.5, 0.6) is 0 Å². The van der Waals surface area contributed by atoms with Crippen molar-refractivity contribution in [1.29, 1.82) is 0 Å². The largest absolute Gasteiger partial charge is 0.465 e. The highest BCUT2D eigenvalue weighted by molar-refractivity contribution is 5.64. The number of nitrogens with one attached hydrogen (secondary N) is 1. The molecule has 1 amide bonds. The van der Waals surface area contributed by atoms with Gasteiger partial charge in [0.2, 0.25) is 0 Å². The maximum Gasteiger partial charge on any atom is 0.404 e. The van der Waals surface area contributed by atoms with E-state index in [-0.39, 0.29) is 6.54 Å². The van der Waals surface area contributed by atoms with Crippen LogP contribution in [0, 0.1) is 0 Å². The van der Waals surface area contributed by atoms with E-state index in [1.807, 2.05) is 0 Å². The van der Waals surface area contributed by atoms with E-state index in [9.17, 15) is 15.0 Å². The highest BCUT2D eigenvalue weighted by Crippen LogP contribution is 2.20. The van der Waals surface area contributed by atoms with E-state index in [2.05, 4.69) is 5.32 Å². The molecule has 2 atom stereocenters. The molecular weight excluding hydrogens is 210 g/mol. The number of benzene rings is 1.